The highest BCUT2D eigenvalue weighted by molar-refractivity contribution is 5.43. The van der Waals surface area contributed by atoms with Crippen molar-refractivity contribution < 1.29 is 0 Å². The Labute approximate surface area is 98.1 Å². The van der Waals surface area contributed by atoms with Crippen LogP contribution in [0.3, 0.4) is 0 Å². The fraction of sp³-hybridized carbons (Fsp3) is 0.500. The Bertz CT molecular complexity index is 389. The standard InChI is InChI=1S/C14H20N2/c1-10(11(2)16)13-6-5-12(9-15)7-14(3,4)8-13/h5-8,10-11H,16H2,1-4H3/t10-,11?/m0/s1. The smallest absolute Gasteiger partial charge is 0.0988 e. The van der Waals surface area contributed by atoms with E-state index in [4.69, 9.17) is 11.0 Å². The minimum absolute atomic E-state index is 0.0902. The summed E-state index contributed by atoms with van der Waals surface area (Å²) in [6.07, 6.45) is 8.07. The van der Waals surface area contributed by atoms with Crippen molar-refractivity contribution in [3.8, 4) is 6.07 Å². The van der Waals surface area contributed by atoms with Gasteiger partial charge >= 0.3 is 0 Å². The minimum atomic E-state index is -0.0902. The molecule has 2 N–H and O–H groups in total. The van der Waals surface area contributed by atoms with E-state index in [0.717, 1.165) is 0 Å². The van der Waals surface area contributed by atoms with Gasteiger partial charge in [0.1, 0.15) is 0 Å². The molecule has 0 spiro atoms. The van der Waals surface area contributed by atoms with E-state index in [1.807, 2.05) is 25.2 Å². The van der Waals surface area contributed by atoms with Crippen molar-refractivity contribution in [1.29, 1.82) is 5.26 Å². The topological polar surface area (TPSA) is 49.8 Å². The van der Waals surface area contributed by atoms with E-state index in [1.165, 1.54) is 5.57 Å². The van der Waals surface area contributed by atoms with Crippen LogP contribution in [0.2, 0.25) is 0 Å². The van der Waals surface area contributed by atoms with Gasteiger partial charge < -0.3 is 5.73 Å². The van der Waals surface area contributed by atoms with E-state index in [-0.39, 0.29) is 11.5 Å². The third-order valence-corrected chi connectivity index (χ3v) is 2.97. The van der Waals surface area contributed by atoms with E-state index in [1.54, 1.807) is 0 Å². The largest absolute Gasteiger partial charge is 0.327 e. The lowest BCUT2D eigenvalue weighted by atomic mass is 9.85. The number of rotatable bonds is 2. The molecule has 2 heteroatoms. The minimum Gasteiger partial charge on any atom is -0.327 e. The Hall–Kier alpha value is -1.33. The molecule has 0 heterocycles. The summed E-state index contributed by atoms with van der Waals surface area (Å²) >= 11 is 0. The summed E-state index contributed by atoms with van der Waals surface area (Å²) in [4.78, 5) is 0. The maximum Gasteiger partial charge on any atom is 0.0988 e. The molecule has 1 unspecified atom stereocenters. The van der Waals surface area contributed by atoms with Gasteiger partial charge in [0, 0.05) is 17.0 Å². The summed E-state index contributed by atoms with van der Waals surface area (Å²) in [5.41, 5.74) is 7.75. The molecule has 0 aliphatic heterocycles. The molecule has 0 fully saturated rings. The monoisotopic (exact) mass is 216 g/mol. The van der Waals surface area contributed by atoms with Gasteiger partial charge in [-0.15, -0.1) is 0 Å². The highest BCUT2D eigenvalue weighted by atomic mass is 14.6. The van der Waals surface area contributed by atoms with Gasteiger partial charge in [0.25, 0.3) is 0 Å². The SMILES string of the molecule is CC(N)[C@H](C)C1=CC(C)(C)C=C(C#N)C=C1. The number of hydrogen-bond acceptors (Lipinski definition) is 2. The van der Waals surface area contributed by atoms with Crippen LogP contribution in [0.4, 0.5) is 0 Å². The van der Waals surface area contributed by atoms with Crippen LogP contribution in [-0.4, -0.2) is 6.04 Å². The first kappa shape index (κ1) is 12.7. The summed E-state index contributed by atoms with van der Waals surface area (Å²) in [7, 11) is 0. The molecule has 0 saturated carbocycles. The fourth-order valence-corrected chi connectivity index (χ4v) is 1.81. The zero-order valence-corrected chi connectivity index (χ0v) is 10.5. The fourth-order valence-electron chi connectivity index (χ4n) is 1.81. The number of nitrogens with two attached hydrogens (primary N) is 1. The Balaban J connectivity index is 3.09. The molecule has 0 bridgehead atoms. The molecule has 0 aromatic carbocycles. The second-order valence-corrected chi connectivity index (χ2v) is 5.16. The molecular formula is C14H20N2. The van der Waals surface area contributed by atoms with Gasteiger partial charge in [0.05, 0.1) is 6.07 Å². The summed E-state index contributed by atoms with van der Waals surface area (Å²) in [5.74, 6) is 0.307. The van der Waals surface area contributed by atoms with Crippen LogP contribution in [0.25, 0.3) is 0 Å². The van der Waals surface area contributed by atoms with Crippen LogP contribution in [0.15, 0.2) is 35.5 Å². The average Bonchev–Trinajstić information content (AvgIpc) is 2.34. The Morgan fingerprint density at radius 1 is 1.25 bits per heavy atom. The third kappa shape index (κ3) is 3.08. The third-order valence-electron chi connectivity index (χ3n) is 2.97. The van der Waals surface area contributed by atoms with Gasteiger partial charge in [-0.25, -0.2) is 0 Å². The zero-order chi connectivity index (χ0) is 12.3. The van der Waals surface area contributed by atoms with E-state index in [2.05, 4.69) is 32.9 Å². The summed E-state index contributed by atoms with van der Waals surface area (Å²) in [6.45, 7) is 8.33. The first-order valence-electron chi connectivity index (χ1n) is 5.65. The Morgan fingerprint density at radius 2 is 1.88 bits per heavy atom. The predicted octanol–water partition coefficient (Wildman–Crippen LogP) is 2.94. The molecule has 0 aromatic heterocycles. The van der Waals surface area contributed by atoms with Crippen molar-refractivity contribution in [2.45, 2.75) is 33.7 Å². The highest BCUT2D eigenvalue weighted by Gasteiger charge is 2.19. The number of nitrogens with zero attached hydrogens (tertiary/aromatic N) is 1. The van der Waals surface area contributed by atoms with Crippen molar-refractivity contribution in [1.82, 2.24) is 0 Å². The van der Waals surface area contributed by atoms with Crippen LogP contribution in [0.1, 0.15) is 27.7 Å². The van der Waals surface area contributed by atoms with Crippen molar-refractivity contribution in [3.63, 3.8) is 0 Å². The summed E-state index contributed by atoms with van der Waals surface area (Å²) < 4.78 is 0. The average molecular weight is 216 g/mol. The molecule has 86 valence electrons. The Kier molecular flexibility index (Phi) is 3.72. The van der Waals surface area contributed by atoms with Crippen molar-refractivity contribution in [3.05, 3.63) is 35.5 Å². The molecule has 1 rings (SSSR count). The maximum atomic E-state index is 8.96. The first-order valence-corrected chi connectivity index (χ1v) is 5.65. The second-order valence-electron chi connectivity index (χ2n) is 5.16. The van der Waals surface area contributed by atoms with Crippen LogP contribution in [0, 0.1) is 22.7 Å². The Morgan fingerprint density at radius 3 is 2.38 bits per heavy atom. The lowest BCUT2D eigenvalue weighted by molar-refractivity contribution is 0.544. The van der Waals surface area contributed by atoms with Gasteiger partial charge in [0.15, 0.2) is 0 Å². The van der Waals surface area contributed by atoms with Crippen molar-refractivity contribution in [2.75, 3.05) is 0 Å². The molecule has 16 heavy (non-hydrogen) atoms. The van der Waals surface area contributed by atoms with Crippen LogP contribution in [-0.2, 0) is 0 Å². The van der Waals surface area contributed by atoms with Crippen molar-refractivity contribution in [2.24, 2.45) is 17.1 Å². The molecule has 1 aliphatic carbocycles. The van der Waals surface area contributed by atoms with Crippen LogP contribution < -0.4 is 5.73 Å². The molecule has 0 amide bonds. The molecule has 0 radical (unpaired) electrons. The lowest BCUT2D eigenvalue weighted by Gasteiger charge is -2.21. The zero-order valence-electron chi connectivity index (χ0n) is 10.5. The van der Waals surface area contributed by atoms with E-state index in [0.29, 0.717) is 11.5 Å². The lowest BCUT2D eigenvalue weighted by Crippen LogP contribution is -2.25. The number of hydrogen-bond donors (Lipinski definition) is 1. The van der Waals surface area contributed by atoms with Crippen LogP contribution in [0.5, 0.6) is 0 Å². The number of allylic oxidation sites excluding steroid dienone is 5. The molecule has 0 aromatic rings. The van der Waals surface area contributed by atoms with Gasteiger partial charge in [-0.3, -0.25) is 0 Å². The van der Waals surface area contributed by atoms with Crippen LogP contribution >= 0.6 is 0 Å². The molecule has 2 nitrogen and oxygen atoms in total. The van der Waals surface area contributed by atoms with Crippen molar-refractivity contribution >= 4 is 0 Å². The molecule has 1 aliphatic rings. The second kappa shape index (κ2) is 4.67. The van der Waals surface area contributed by atoms with Gasteiger partial charge in [-0.2, -0.15) is 5.26 Å². The summed E-state index contributed by atoms with van der Waals surface area (Å²) in [6, 6.07) is 2.32. The van der Waals surface area contributed by atoms with Gasteiger partial charge in [-0.1, -0.05) is 39.0 Å². The van der Waals surface area contributed by atoms with E-state index in [9.17, 15) is 0 Å². The molecular weight excluding hydrogens is 196 g/mol. The van der Waals surface area contributed by atoms with Gasteiger partial charge in [-0.05, 0) is 24.5 Å². The van der Waals surface area contributed by atoms with E-state index < -0.39 is 0 Å². The highest BCUT2D eigenvalue weighted by Crippen LogP contribution is 2.30. The van der Waals surface area contributed by atoms with E-state index >= 15 is 0 Å². The number of nitriles is 1. The summed E-state index contributed by atoms with van der Waals surface area (Å²) in [5, 5.41) is 8.96. The first-order chi connectivity index (χ1) is 7.35. The quantitative estimate of drug-likeness (QED) is 0.771. The predicted molar refractivity (Wildman–Crippen MR) is 67.5 cm³/mol. The van der Waals surface area contributed by atoms with Gasteiger partial charge in [0.2, 0.25) is 0 Å². The normalized spacial score (nSPS) is 22.5. The molecule has 2 atom stereocenters. The maximum absolute atomic E-state index is 8.96. The molecule has 0 saturated heterocycles.